The molecule has 1 N–H and O–H groups in total. The molecule has 0 aliphatic heterocycles. The molecule has 2 aromatic carbocycles. The third-order valence-electron chi connectivity index (χ3n) is 3.33. The summed E-state index contributed by atoms with van der Waals surface area (Å²) in [6, 6.07) is 14.6. The summed E-state index contributed by atoms with van der Waals surface area (Å²) in [7, 11) is 0. The molecule has 0 radical (unpaired) electrons. The molecule has 2 nitrogen and oxygen atoms in total. The number of anilines is 1. The zero-order chi connectivity index (χ0) is 14.5. The van der Waals surface area contributed by atoms with E-state index in [4.69, 9.17) is 4.74 Å². The monoisotopic (exact) mass is 333 g/mol. The predicted molar refractivity (Wildman–Crippen MR) is 88.5 cm³/mol. The smallest absolute Gasteiger partial charge is 0.124 e. The van der Waals surface area contributed by atoms with Gasteiger partial charge in [-0.25, -0.2) is 0 Å². The fourth-order valence-electron chi connectivity index (χ4n) is 2.20. The van der Waals surface area contributed by atoms with Crippen molar-refractivity contribution in [2.45, 2.75) is 26.8 Å². The van der Waals surface area contributed by atoms with E-state index >= 15 is 0 Å². The lowest BCUT2D eigenvalue weighted by molar-refractivity contribution is 0.335. The first-order chi connectivity index (χ1) is 9.63. The molecule has 0 aliphatic rings. The third kappa shape index (κ3) is 3.34. The number of halogens is 1. The van der Waals surface area contributed by atoms with E-state index in [1.165, 1.54) is 11.1 Å². The fraction of sp³-hybridized carbons (Fsp3) is 0.294. The number of benzene rings is 2. The van der Waals surface area contributed by atoms with Crippen LogP contribution in [0.25, 0.3) is 0 Å². The molecular weight excluding hydrogens is 314 g/mol. The van der Waals surface area contributed by atoms with Gasteiger partial charge in [-0.15, -0.1) is 0 Å². The molecule has 0 bridgehead atoms. The van der Waals surface area contributed by atoms with Crippen LogP contribution >= 0.6 is 15.9 Å². The average Bonchev–Trinajstić information content (AvgIpc) is 2.45. The third-order valence-corrected chi connectivity index (χ3v) is 4.18. The molecule has 0 spiro atoms. The summed E-state index contributed by atoms with van der Waals surface area (Å²) in [4.78, 5) is 0. The van der Waals surface area contributed by atoms with E-state index in [1.54, 1.807) is 0 Å². The minimum absolute atomic E-state index is 0.186. The highest BCUT2D eigenvalue weighted by atomic mass is 79.9. The van der Waals surface area contributed by atoms with Crippen LogP contribution in [0.5, 0.6) is 5.75 Å². The molecule has 0 saturated heterocycles. The van der Waals surface area contributed by atoms with Crippen LogP contribution in [0.2, 0.25) is 0 Å². The lowest BCUT2D eigenvalue weighted by atomic mass is 10.1. The quantitative estimate of drug-likeness (QED) is 0.798. The second-order valence-electron chi connectivity index (χ2n) is 4.75. The highest BCUT2D eigenvalue weighted by Gasteiger charge is 2.12. The summed E-state index contributed by atoms with van der Waals surface area (Å²) in [5.41, 5.74) is 3.53. The van der Waals surface area contributed by atoms with Crippen LogP contribution in [0.3, 0.4) is 0 Å². The Bertz CT molecular complexity index is 583. The zero-order valence-corrected chi connectivity index (χ0v) is 13.7. The van der Waals surface area contributed by atoms with Gasteiger partial charge in [-0.3, -0.25) is 0 Å². The van der Waals surface area contributed by atoms with Crippen molar-refractivity contribution in [1.29, 1.82) is 0 Å². The molecule has 0 heterocycles. The predicted octanol–water partition coefficient (Wildman–Crippen LogP) is 5.33. The van der Waals surface area contributed by atoms with E-state index in [0.717, 1.165) is 15.9 Å². The van der Waals surface area contributed by atoms with Gasteiger partial charge in [0.05, 0.1) is 12.6 Å². The van der Waals surface area contributed by atoms with Gasteiger partial charge in [-0.2, -0.15) is 0 Å². The Morgan fingerprint density at radius 3 is 2.65 bits per heavy atom. The number of rotatable bonds is 5. The Hall–Kier alpha value is -1.48. The first-order valence-corrected chi connectivity index (χ1v) is 7.66. The summed E-state index contributed by atoms with van der Waals surface area (Å²) in [5.74, 6) is 0.947. The number of hydrogen-bond donors (Lipinski definition) is 1. The van der Waals surface area contributed by atoms with E-state index < -0.39 is 0 Å². The average molecular weight is 334 g/mol. The first-order valence-electron chi connectivity index (χ1n) is 6.86. The van der Waals surface area contributed by atoms with Gasteiger partial charge >= 0.3 is 0 Å². The summed E-state index contributed by atoms with van der Waals surface area (Å²) in [6.45, 7) is 6.94. The second-order valence-corrected chi connectivity index (χ2v) is 5.60. The van der Waals surface area contributed by atoms with Gasteiger partial charge in [-0.1, -0.05) is 40.2 Å². The van der Waals surface area contributed by atoms with Crippen LogP contribution in [-0.2, 0) is 0 Å². The minimum Gasteiger partial charge on any atom is -0.494 e. The molecule has 0 saturated carbocycles. The Kier molecular flexibility index (Phi) is 5.07. The van der Waals surface area contributed by atoms with Crippen molar-refractivity contribution >= 4 is 21.6 Å². The maximum absolute atomic E-state index is 5.70. The van der Waals surface area contributed by atoms with Crippen molar-refractivity contribution in [3.05, 3.63) is 58.1 Å². The summed E-state index contributed by atoms with van der Waals surface area (Å²) in [6.07, 6.45) is 0. The molecule has 0 amide bonds. The summed E-state index contributed by atoms with van der Waals surface area (Å²) >= 11 is 3.57. The van der Waals surface area contributed by atoms with E-state index in [2.05, 4.69) is 53.3 Å². The topological polar surface area (TPSA) is 21.3 Å². The Morgan fingerprint density at radius 1 is 1.15 bits per heavy atom. The molecule has 106 valence electrons. The zero-order valence-electron chi connectivity index (χ0n) is 12.1. The molecule has 0 fully saturated rings. The van der Waals surface area contributed by atoms with Crippen LogP contribution in [0.1, 0.15) is 31.0 Å². The Balaban J connectivity index is 2.24. The summed E-state index contributed by atoms with van der Waals surface area (Å²) < 4.78 is 6.82. The van der Waals surface area contributed by atoms with Crippen molar-refractivity contribution in [2.75, 3.05) is 11.9 Å². The number of nitrogens with one attached hydrogen (secondary N) is 1. The number of ether oxygens (including phenoxy) is 1. The lowest BCUT2D eigenvalue weighted by Crippen LogP contribution is -2.09. The van der Waals surface area contributed by atoms with Crippen molar-refractivity contribution < 1.29 is 4.74 Å². The number of hydrogen-bond acceptors (Lipinski definition) is 2. The SMILES string of the molecule is CCOc1ccccc1C(C)Nc1cccc(Br)c1C. The van der Waals surface area contributed by atoms with Crippen LogP contribution in [0, 0.1) is 6.92 Å². The van der Waals surface area contributed by atoms with Crippen LogP contribution in [0.4, 0.5) is 5.69 Å². The fourth-order valence-corrected chi connectivity index (χ4v) is 2.57. The van der Waals surface area contributed by atoms with E-state index in [0.29, 0.717) is 6.61 Å². The van der Waals surface area contributed by atoms with E-state index in [9.17, 15) is 0 Å². The molecule has 3 heteroatoms. The number of para-hydroxylation sites is 1. The van der Waals surface area contributed by atoms with Crippen LogP contribution in [0.15, 0.2) is 46.9 Å². The maximum Gasteiger partial charge on any atom is 0.124 e. The first kappa shape index (κ1) is 14.9. The second kappa shape index (κ2) is 6.80. The van der Waals surface area contributed by atoms with Crippen LogP contribution < -0.4 is 10.1 Å². The van der Waals surface area contributed by atoms with Gasteiger partial charge in [-0.05, 0) is 44.5 Å². The van der Waals surface area contributed by atoms with Crippen molar-refractivity contribution in [3.8, 4) is 5.75 Å². The molecule has 2 rings (SSSR count). The Morgan fingerprint density at radius 2 is 1.90 bits per heavy atom. The standard InChI is InChI=1S/C17H20BrNO/c1-4-20-17-11-6-5-8-14(17)13(3)19-16-10-7-9-15(18)12(16)2/h5-11,13,19H,4H2,1-3H3. The van der Waals surface area contributed by atoms with Crippen molar-refractivity contribution in [2.24, 2.45) is 0 Å². The highest BCUT2D eigenvalue weighted by molar-refractivity contribution is 9.10. The van der Waals surface area contributed by atoms with Gasteiger partial charge in [0.2, 0.25) is 0 Å². The normalized spacial score (nSPS) is 12.0. The Labute approximate surface area is 129 Å². The molecule has 1 unspecified atom stereocenters. The molecule has 2 aromatic rings. The maximum atomic E-state index is 5.70. The van der Waals surface area contributed by atoms with Gasteiger partial charge < -0.3 is 10.1 Å². The lowest BCUT2D eigenvalue weighted by Gasteiger charge is -2.20. The van der Waals surface area contributed by atoms with Gasteiger partial charge in [0, 0.05) is 15.7 Å². The largest absolute Gasteiger partial charge is 0.494 e. The van der Waals surface area contributed by atoms with Crippen molar-refractivity contribution in [1.82, 2.24) is 0 Å². The molecule has 1 atom stereocenters. The summed E-state index contributed by atoms with van der Waals surface area (Å²) in [5, 5.41) is 3.56. The minimum atomic E-state index is 0.186. The van der Waals surface area contributed by atoms with Crippen molar-refractivity contribution in [3.63, 3.8) is 0 Å². The molecular formula is C17H20BrNO. The highest BCUT2D eigenvalue weighted by Crippen LogP contribution is 2.30. The molecule has 0 aliphatic carbocycles. The van der Waals surface area contributed by atoms with Crippen LogP contribution in [-0.4, -0.2) is 6.61 Å². The van der Waals surface area contributed by atoms with Gasteiger partial charge in [0.1, 0.15) is 5.75 Å². The van der Waals surface area contributed by atoms with Gasteiger partial charge in [0.15, 0.2) is 0 Å². The molecule has 20 heavy (non-hydrogen) atoms. The van der Waals surface area contributed by atoms with E-state index in [-0.39, 0.29) is 6.04 Å². The molecule has 0 aromatic heterocycles. The van der Waals surface area contributed by atoms with E-state index in [1.807, 2.05) is 31.2 Å². The van der Waals surface area contributed by atoms with Gasteiger partial charge in [0.25, 0.3) is 0 Å².